The Balaban J connectivity index is 2.59. The van der Waals surface area contributed by atoms with Gasteiger partial charge in [-0.2, -0.15) is 0 Å². The maximum atomic E-state index is 5.73. The zero-order valence-corrected chi connectivity index (χ0v) is 9.49. The van der Waals surface area contributed by atoms with Crippen LogP contribution in [0, 0.1) is 0 Å². The van der Waals surface area contributed by atoms with Crippen molar-refractivity contribution in [2.75, 3.05) is 0 Å². The van der Waals surface area contributed by atoms with Crippen LogP contribution in [0.25, 0.3) is 11.4 Å². The van der Waals surface area contributed by atoms with Crippen LogP contribution in [-0.4, -0.2) is 25.0 Å². The molecule has 0 fully saturated rings. The van der Waals surface area contributed by atoms with E-state index < -0.39 is 0 Å². The van der Waals surface area contributed by atoms with E-state index in [1.54, 1.807) is 17.9 Å². The third-order valence-electron chi connectivity index (χ3n) is 1.63. The van der Waals surface area contributed by atoms with E-state index in [9.17, 15) is 0 Å². The normalized spacial score (nSPS) is 10.5. The van der Waals surface area contributed by atoms with Crippen molar-refractivity contribution in [1.29, 1.82) is 0 Å². The molecule has 0 spiro atoms. The Bertz CT molecular complexity index is 449. The number of nitrogens with zero attached hydrogens (tertiary/aromatic N) is 5. The number of aryl methyl sites for hydroxylation is 1. The molecule has 2 heterocycles. The predicted molar refractivity (Wildman–Crippen MR) is 54.7 cm³/mol. The summed E-state index contributed by atoms with van der Waals surface area (Å²) in [5, 5.41) is 8.02. The van der Waals surface area contributed by atoms with Crippen LogP contribution in [0.3, 0.4) is 0 Å². The molecule has 0 saturated carbocycles. The van der Waals surface area contributed by atoms with Crippen molar-refractivity contribution < 1.29 is 0 Å². The predicted octanol–water partition coefficient (Wildman–Crippen LogP) is 1.69. The summed E-state index contributed by atoms with van der Waals surface area (Å²) in [5.74, 6) is 0. The molecule has 0 saturated heterocycles. The van der Waals surface area contributed by atoms with Gasteiger partial charge in [0.25, 0.3) is 0 Å². The molecule has 0 aliphatic heterocycles. The van der Waals surface area contributed by atoms with E-state index in [1.807, 2.05) is 0 Å². The van der Waals surface area contributed by atoms with Gasteiger partial charge in [0.05, 0.1) is 12.4 Å². The second kappa shape index (κ2) is 3.62. The minimum Gasteiger partial charge on any atom is -0.259 e. The van der Waals surface area contributed by atoms with Crippen LogP contribution in [0.4, 0.5) is 0 Å². The van der Waals surface area contributed by atoms with Gasteiger partial charge in [0.2, 0.25) is 0 Å². The highest BCUT2D eigenvalue weighted by molar-refractivity contribution is 9.10. The zero-order valence-electron chi connectivity index (χ0n) is 7.15. The molecular weight excluding hydrogens is 269 g/mol. The molecule has 14 heavy (non-hydrogen) atoms. The van der Waals surface area contributed by atoms with E-state index in [2.05, 4.69) is 36.2 Å². The first kappa shape index (κ1) is 9.54. The van der Waals surface area contributed by atoms with E-state index in [-0.39, 0.29) is 0 Å². The molecule has 2 aromatic rings. The molecule has 2 rings (SSSR count). The van der Waals surface area contributed by atoms with Gasteiger partial charge in [-0.05, 0) is 15.9 Å². The summed E-state index contributed by atoms with van der Waals surface area (Å²) in [6.45, 7) is 0. The highest BCUT2D eigenvalue weighted by Crippen LogP contribution is 2.23. The van der Waals surface area contributed by atoms with Crippen molar-refractivity contribution in [3.63, 3.8) is 0 Å². The Labute approximate surface area is 93.3 Å². The monoisotopic (exact) mass is 273 g/mol. The SMILES string of the molecule is Cn1nnc(Br)c1-c1cncc(Cl)n1. The summed E-state index contributed by atoms with van der Waals surface area (Å²) in [6.07, 6.45) is 3.08. The lowest BCUT2D eigenvalue weighted by Gasteiger charge is -1.99. The molecule has 0 aliphatic rings. The fourth-order valence-corrected chi connectivity index (χ4v) is 1.74. The number of hydrogen-bond acceptors (Lipinski definition) is 4. The molecule has 0 atom stereocenters. The van der Waals surface area contributed by atoms with Gasteiger partial charge >= 0.3 is 0 Å². The van der Waals surface area contributed by atoms with Gasteiger partial charge in [-0.3, -0.25) is 4.98 Å². The van der Waals surface area contributed by atoms with E-state index in [0.29, 0.717) is 15.5 Å². The standard InChI is InChI=1S/C7H5BrClN5/c1-14-6(7(8)12-13-14)4-2-10-3-5(9)11-4/h2-3H,1H3. The second-order valence-electron chi connectivity index (χ2n) is 2.58. The molecule has 7 heteroatoms. The molecule has 0 N–H and O–H groups in total. The minimum atomic E-state index is 0.343. The lowest BCUT2D eigenvalue weighted by atomic mass is 10.3. The van der Waals surface area contributed by atoms with Crippen molar-refractivity contribution in [2.45, 2.75) is 0 Å². The fraction of sp³-hybridized carbons (Fsp3) is 0.143. The van der Waals surface area contributed by atoms with Gasteiger partial charge in [0.15, 0.2) is 4.60 Å². The molecule has 0 unspecified atom stereocenters. The van der Waals surface area contributed by atoms with Crippen molar-refractivity contribution >= 4 is 27.5 Å². The highest BCUT2D eigenvalue weighted by atomic mass is 79.9. The number of halogens is 2. The van der Waals surface area contributed by atoms with E-state index in [1.165, 1.54) is 6.20 Å². The van der Waals surface area contributed by atoms with Gasteiger partial charge in [-0.25, -0.2) is 9.67 Å². The number of aromatic nitrogens is 5. The zero-order chi connectivity index (χ0) is 10.1. The third-order valence-corrected chi connectivity index (χ3v) is 2.35. The number of hydrogen-bond donors (Lipinski definition) is 0. The topological polar surface area (TPSA) is 56.5 Å². The van der Waals surface area contributed by atoms with Crippen LogP contribution in [0.5, 0.6) is 0 Å². The summed E-state index contributed by atoms with van der Waals surface area (Å²) in [4.78, 5) is 8.05. The van der Waals surface area contributed by atoms with Crippen LogP contribution < -0.4 is 0 Å². The summed E-state index contributed by atoms with van der Waals surface area (Å²) in [6, 6.07) is 0. The Morgan fingerprint density at radius 3 is 2.79 bits per heavy atom. The average molecular weight is 275 g/mol. The van der Waals surface area contributed by atoms with Crippen molar-refractivity contribution in [3.8, 4) is 11.4 Å². The van der Waals surface area contributed by atoms with Gasteiger partial charge in [0.1, 0.15) is 16.5 Å². The smallest absolute Gasteiger partial charge is 0.157 e. The van der Waals surface area contributed by atoms with E-state index >= 15 is 0 Å². The molecule has 0 radical (unpaired) electrons. The summed E-state index contributed by atoms with van der Waals surface area (Å²) in [5.41, 5.74) is 1.39. The maximum Gasteiger partial charge on any atom is 0.157 e. The number of rotatable bonds is 1. The third kappa shape index (κ3) is 1.62. The van der Waals surface area contributed by atoms with E-state index in [0.717, 1.165) is 5.69 Å². The summed E-state index contributed by atoms with van der Waals surface area (Å²) in [7, 11) is 1.77. The second-order valence-corrected chi connectivity index (χ2v) is 3.72. The first-order chi connectivity index (χ1) is 6.68. The first-order valence-electron chi connectivity index (χ1n) is 3.71. The van der Waals surface area contributed by atoms with Crippen LogP contribution in [0.15, 0.2) is 17.0 Å². The molecule has 0 amide bonds. The molecule has 0 aromatic carbocycles. The van der Waals surface area contributed by atoms with Gasteiger partial charge in [-0.1, -0.05) is 16.8 Å². The van der Waals surface area contributed by atoms with Crippen LogP contribution in [0.2, 0.25) is 5.15 Å². The summed E-state index contributed by atoms with van der Waals surface area (Å²) < 4.78 is 2.22. The summed E-state index contributed by atoms with van der Waals surface area (Å²) >= 11 is 9.00. The molecule has 72 valence electrons. The lowest BCUT2D eigenvalue weighted by molar-refractivity contribution is 0.718. The largest absolute Gasteiger partial charge is 0.259 e. The Hall–Kier alpha value is -1.01. The van der Waals surface area contributed by atoms with Gasteiger partial charge in [0, 0.05) is 7.05 Å². The van der Waals surface area contributed by atoms with Crippen LogP contribution in [0.1, 0.15) is 0 Å². The average Bonchev–Trinajstić information content (AvgIpc) is 2.46. The maximum absolute atomic E-state index is 5.73. The molecule has 0 aliphatic carbocycles. The quantitative estimate of drug-likeness (QED) is 0.794. The lowest BCUT2D eigenvalue weighted by Crippen LogP contribution is -1.96. The highest BCUT2D eigenvalue weighted by Gasteiger charge is 2.12. The van der Waals surface area contributed by atoms with Crippen molar-refractivity contribution in [1.82, 2.24) is 25.0 Å². The molecule has 0 bridgehead atoms. The van der Waals surface area contributed by atoms with Crippen molar-refractivity contribution in [2.24, 2.45) is 7.05 Å². The molecule has 2 aromatic heterocycles. The Morgan fingerprint density at radius 2 is 2.21 bits per heavy atom. The first-order valence-corrected chi connectivity index (χ1v) is 4.88. The van der Waals surface area contributed by atoms with Gasteiger partial charge in [-0.15, -0.1) is 5.10 Å². The van der Waals surface area contributed by atoms with Crippen LogP contribution >= 0.6 is 27.5 Å². The van der Waals surface area contributed by atoms with Crippen molar-refractivity contribution in [3.05, 3.63) is 22.1 Å². The van der Waals surface area contributed by atoms with E-state index in [4.69, 9.17) is 11.6 Å². The van der Waals surface area contributed by atoms with Crippen LogP contribution in [-0.2, 0) is 7.05 Å². The Kier molecular flexibility index (Phi) is 2.47. The molecular formula is C7H5BrClN5. The Morgan fingerprint density at radius 1 is 1.43 bits per heavy atom. The fourth-order valence-electron chi connectivity index (χ4n) is 1.06. The molecule has 5 nitrogen and oxygen atoms in total. The minimum absolute atomic E-state index is 0.343. The van der Waals surface area contributed by atoms with Gasteiger partial charge < -0.3 is 0 Å².